The Morgan fingerprint density at radius 3 is 2.07 bits per heavy atom. The van der Waals surface area contributed by atoms with Crippen LogP contribution in [0.5, 0.6) is 0 Å². The Labute approximate surface area is 178 Å². The second-order valence-electron chi connectivity index (χ2n) is 6.95. The third kappa shape index (κ3) is 4.39. The molecule has 0 aliphatic heterocycles. The fourth-order valence-electron chi connectivity index (χ4n) is 3.32. The number of benzene rings is 3. The topological polar surface area (TPSA) is 66.5 Å². The second-order valence-corrected chi connectivity index (χ2v) is 8.92. The smallest absolute Gasteiger partial charge is 0.264 e. The molecule has 30 heavy (non-hydrogen) atoms. The number of nitrogens with zero attached hydrogens (tertiary/aromatic N) is 1. The highest BCUT2D eigenvalue weighted by Gasteiger charge is 2.22. The van der Waals surface area contributed by atoms with E-state index in [0.29, 0.717) is 11.3 Å². The molecule has 156 valence electrons. The lowest BCUT2D eigenvalue weighted by Crippen LogP contribution is -2.26. The molecule has 6 heteroatoms. The molecule has 0 aliphatic rings. The fraction of sp³-hybridized carbons (Fsp3) is 0.208. The lowest BCUT2D eigenvalue weighted by Gasteiger charge is -2.20. The van der Waals surface area contributed by atoms with Crippen LogP contribution in [0, 0.1) is 0 Å². The first-order valence-corrected chi connectivity index (χ1v) is 11.4. The van der Waals surface area contributed by atoms with Crippen molar-refractivity contribution in [3.05, 3.63) is 89.5 Å². The zero-order valence-electron chi connectivity index (χ0n) is 17.4. The largest absolute Gasteiger partial charge is 0.321 e. The first kappa shape index (κ1) is 21.6. The number of hydrogen-bond acceptors (Lipinski definition) is 3. The predicted octanol–water partition coefficient (Wildman–Crippen LogP) is 4.89. The van der Waals surface area contributed by atoms with Crippen LogP contribution < -0.4 is 9.62 Å². The highest BCUT2D eigenvalue weighted by atomic mass is 32.2. The molecule has 3 aromatic carbocycles. The Hall–Kier alpha value is -3.12. The maximum absolute atomic E-state index is 13.0. The molecule has 1 N–H and O–H groups in total. The van der Waals surface area contributed by atoms with E-state index in [-0.39, 0.29) is 10.8 Å². The van der Waals surface area contributed by atoms with Gasteiger partial charge in [0.2, 0.25) is 0 Å². The zero-order valence-corrected chi connectivity index (χ0v) is 18.2. The molecule has 0 heterocycles. The summed E-state index contributed by atoms with van der Waals surface area (Å²) < 4.78 is 27.0. The highest BCUT2D eigenvalue weighted by molar-refractivity contribution is 7.92. The van der Waals surface area contributed by atoms with Gasteiger partial charge < -0.3 is 5.32 Å². The van der Waals surface area contributed by atoms with E-state index in [2.05, 4.69) is 19.2 Å². The number of nitrogens with one attached hydrogen (secondary N) is 1. The van der Waals surface area contributed by atoms with Crippen LogP contribution in [0.25, 0.3) is 0 Å². The van der Waals surface area contributed by atoms with E-state index in [1.165, 1.54) is 11.4 Å². The molecule has 0 bridgehead atoms. The van der Waals surface area contributed by atoms with E-state index in [1.807, 2.05) is 18.2 Å². The number of rotatable bonds is 7. The fourth-order valence-corrected chi connectivity index (χ4v) is 4.53. The van der Waals surface area contributed by atoms with Gasteiger partial charge in [-0.1, -0.05) is 56.3 Å². The van der Waals surface area contributed by atoms with Crippen LogP contribution in [-0.4, -0.2) is 21.4 Å². The van der Waals surface area contributed by atoms with Crippen molar-refractivity contribution in [3.63, 3.8) is 0 Å². The number of aryl methyl sites for hydroxylation is 2. The van der Waals surface area contributed by atoms with Crippen molar-refractivity contribution in [2.75, 3.05) is 16.7 Å². The average molecular weight is 423 g/mol. The van der Waals surface area contributed by atoms with Gasteiger partial charge in [-0.05, 0) is 54.3 Å². The van der Waals surface area contributed by atoms with Crippen LogP contribution in [0.1, 0.15) is 35.3 Å². The molecule has 0 unspecified atom stereocenters. The number of hydrogen-bond donors (Lipinski definition) is 1. The number of carbonyl (C=O) groups excluding carboxylic acids is 1. The van der Waals surface area contributed by atoms with Crippen LogP contribution in [0.15, 0.2) is 77.7 Å². The molecule has 0 spiro atoms. The summed E-state index contributed by atoms with van der Waals surface area (Å²) in [4.78, 5) is 13.2. The Balaban J connectivity index is 1.90. The minimum atomic E-state index is -3.71. The molecule has 0 atom stereocenters. The highest BCUT2D eigenvalue weighted by Crippen LogP contribution is 2.26. The Morgan fingerprint density at radius 2 is 1.47 bits per heavy atom. The van der Waals surface area contributed by atoms with Crippen molar-refractivity contribution >= 4 is 27.3 Å². The van der Waals surface area contributed by atoms with Gasteiger partial charge in [0.25, 0.3) is 15.9 Å². The molecule has 3 aromatic rings. The SMILES string of the molecule is CCc1cccc(CC)c1NC(=O)c1cccc(N(C)S(=O)(=O)c2ccccc2)c1. The van der Waals surface area contributed by atoms with Gasteiger partial charge in [-0.15, -0.1) is 0 Å². The minimum absolute atomic E-state index is 0.201. The average Bonchev–Trinajstić information content (AvgIpc) is 2.79. The van der Waals surface area contributed by atoms with Crippen LogP contribution >= 0.6 is 0 Å². The van der Waals surface area contributed by atoms with Crippen LogP contribution in [-0.2, 0) is 22.9 Å². The van der Waals surface area contributed by atoms with E-state index in [9.17, 15) is 13.2 Å². The Morgan fingerprint density at radius 1 is 0.867 bits per heavy atom. The number of amides is 1. The first-order valence-electron chi connectivity index (χ1n) is 9.94. The molecule has 0 aromatic heterocycles. The van der Waals surface area contributed by atoms with Crippen molar-refractivity contribution in [1.82, 2.24) is 0 Å². The molecular weight excluding hydrogens is 396 g/mol. The molecular formula is C24H26N2O3S. The summed E-state index contributed by atoms with van der Waals surface area (Å²) >= 11 is 0. The molecule has 0 saturated heterocycles. The third-order valence-corrected chi connectivity index (χ3v) is 6.91. The van der Waals surface area contributed by atoms with Crippen molar-refractivity contribution in [3.8, 4) is 0 Å². The predicted molar refractivity (Wildman–Crippen MR) is 122 cm³/mol. The lowest BCUT2D eigenvalue weighted by atomic mass is 10.0. The van der Waals surface area contributed by atoms with Gasteiger partial charge >= 0.3 is 0 Å². The lowest BCUT2D eigenvalue weighted by molar-refractivity contribution is 0.102. The molecule has 0 fully saturated rings. The molecule has 1 amide bonds. The van der Waals surface area contributed by atoms with Crippen LogP contribution in [0.3, 0.4) is 0 Å². The van der Waals surface area contributed by atoms with Crippen molar-refractivity contribution < 1.29 is 13.2 Å². The quantitative estimate of drug-likeness (QED) is 0.590. The Kier molecular flexibility index (Phi) is 6.57. The van der Waals surface area contributed by atoms with E-state index >= 15 is 0 Å². The second kappa shape index (κ2) is 9.13. The van der Waals surface area contributed by atoms with Crippen molar-refractivity contribution in [2.24, 2.45) is 0 Å². The summed E-state index contributed by atoms with van der Waals surface area (Å²) in [6.07, 6.45) is 1.61. The van der Waals surface area contributed by atoms with Gasteiger partial charge in [0.15, 0.2) is 0 Å². The standard InChI is InChI=1S/C24H26N2O3S/c1-4-18-11-9-12-19(5-2)23(18)25-24(27)20-13-10-14-21(17-20)26(3)30(28,29)22-15-7-6-8-16-22/h6-17H,4-5H2,1-3H3,(H,25,27). The zero-order chi connectivity index (χ0) is 21.7. The number of sulfonamides is 1. The monoisotopic (exact) mass is 422 g/mol. The van der Waals surface area contributed by atoms with Gasteiger partial charge in [-0.3, -0.25) is 9.10 Å². The first-order chi connectivity index (χ1) is 14.4. The third-order valence-electron chi connectivity index (χ3n) is 5.11. The number of anilines is 2. The molecule has 0 saturated carbocycles. The Bertz CT molecular complexity index is 1120. The summed E-state index contributed by atoms with van der Waals surface area (Å²) in [5.41, 5.74) is 3.80. The van der Waals surface area contributed by atoms with E-state index in [1.54, 1.807) is 54.6 Å². The van der Waals surface area contributed by atoms with E-state index in [0.717, 1.165) is 29.7 Å². The van der Waals surface area contributed by atoms with Gasteiger partial charge in [0.1, 0.15) is 0 Å². The summed E-state index contributed by atoms with van der Waals surface area (Å²) in [5, 5.41) is 3.03. The summed E-state index contributed by atoms with van der Waals surface area (Å²) in [6, 6.07) is 20.9. The minimum Gasteiger partial charge on any atom is -0.321 e. The summed E-state index contributed by atoms with van der Waals surface area (Å²) in [5.74, 6) is -0.266. The van der Waals surface area contributed by atoms with E-state index < -0.39 is 10.0 Å². The number of carbonyl (C=O) groups is 1. The normalized spacial score (nSPS) is 11.2. The van der Waals surface area contributed by atoms with E-state index in [4.69, 9.17) is 0 Å². The maximum atomic E-state index is 13.0. The molecule has 0 radical (unpaired) electrons. The maximum Gasteiger partial charge on any atom is 0.264 e. The summed E-state index contributed by atoms with van der Waals surface area (Å²) in [6.45, 7) is 4.10. The molecule has 3 rings (SSSR count). The number of para-hydroxylation sites is 1. The van der Waals surface area contributed by atoms with Crippen molar-refractivity contribution in [1.29, 1.82) is 0 Å². The van der Waals surface area contributed by atoms with Gasteiger partial charge in [-0.2, -0.15) is 0 Å². The molecule has 5 nitrogen and oxygen atoms in total. The van der Waals surface area contributed by atoms with Gasteiger partial charge in [0, 0.05) is 18.3 Å². The molecule has 0 aliphatic carbocycles. The van der Waals surface area contributed by atoms with Gasteiger partial charge in [-0.25, -0.2) is 8.42 Å². The van der Waals surface area contributed by atoms with Crippen LogP contribution in [0.4, 0.5) is 11.4 Å². The van der Waals surface area contributed by atoms with Gasteiger partial charge in [0.05, 0.1) is 10.6 Å². The van der Waals surface area contributed by atoms with Crippen molar-refractivity contribution in [2.45, 2.75) is 31.6 Å². The van der Waals surface area contributed by atoms with Crippen LogP contribution in [0.2, 0.25) is 0 Å². The summed E-state index contributed by atoms with van der Waals surface area (Å²) in [7, 11) is -2.23.